The average Bonchev–Trinajstić information content (AvgIpc) is 2.82. The number of benzene rings is 2. The molecule has 0 saturated carbocycles. The molecule has 106 valence electrons. The highest BCUT2D eigenvalue weighted by Crippen LogP contribution is 2.36. The van der Waals surface area contributed by atoms with Crippen LogP contribution in [0.2, 0.25) is 0 Å². The van der Waals surface area contributed by atoms with Gasteiger partial charge < -0.3 is 14.3 Å². The van der Waals surface area contributed by atoms with Crippen molar-refractivity contribution in [3.05, 3.63) is 57.3 Å². The Morgan fingerprint density at radius 1 is 1.24 bits per heavy atom. The number of nitrogens with zero attached hydrogens (tertiary/aromatic N) is 1. The number of H-pyrrole nitrogens is 1. The van der Waals surface area contributed by atoms with E-state index in [9.17, 15) is 0 Å². The molecule has 1 atom stereocenters. The molecule has 0 spiro atoms. The van der Waals surface area contributed by atoms with Gasteiger partial charge in [0.1, 0.15) is 5.75 Å². The minimum atomic E-state index is 0.213. The smallest absolute Gasteiger partial charge is 0.178 e. The minimum absolute atomic E-state index is 0.213. The summed E-state index contributed by atoms with van der Waals surface area (Å²) >= 11 is 9.10. The van der Waals surface area contributed by atoms with Gasteiger partial charge in [-0.25, -0.2) is 0 Å². The molecule has 0 aliphatic carbocycles. The molecule has 1 N–H and O–H groups in total. The number of hydrogen-bond donors (Lipinski definition) is 1. The first-order valence-electron chi connectivity index (χ1n) is 6.85. The summed E-state index contributed by atoms with van der Waals surface area (Å²) in [6, 6.07) is 14.6. The van der Waals surface area contributed by atoms with Crippen LogP contribution < -0.4 is 4.74 Å². The molecule has 1 aliphatic rings. The molecule has 1 aromatic heterocycles. The summed E-state index contributed by atoms with van der Waals surface area (Å²) in [5, 5.41) is 0. The number of fused-ring (bicyclic) bond motifs is 2. The standard InChI is InChI=1S/C16H13BrN2OS/c17-10-5-6-12-14(9-10)19(16(21)18-12)13-7-8-20-15-4-2-1-3-11(13)15/h1-6,9,13H,7-8H2,(H,18,21). The van der Waals surface area contributed by atoms with Crippen LogP contribution in [0.4, 0.5) is 0 Å². The van der Waals surface area contributed by atoms with Crippen LogP contribution in [0.25, 0.3) is 11.0 Å². The lowest BCUT2D eigenvalue weighted by Crippen LogP contribution is -2.20. The van der Waals surface area contributed by atoms with Crippen LogP contribution in [0.3, 0.4) is 0 Å². The number of halogens is 1. The van der Waals surface area contributed by atoms with Gasteiger partial charge in [0.05, 0.1) is 23.7 Å². The number of aromatic amines is 1. The van der Waals surface area contributed by atoms with Gasteiger partial charge >= 0.3 is 0 Å². The predicted octanol–water partition coefficient (Wildman–Crippen LogP) is 4.83. The third kappa shape index (κ3) is 2.12. The summed E-state index contributed by atoms with van der Waals surface area (Å²) in [7, 11) is 0. The third-order valence-electron chi connectivity index (χ3n) is 3.92. The first-order valence-corrected chi connectivity index (χ1v) is 8.05. The molecular weight excluding hydrogens is 348 g/mol. The van der Waals surface area contributed by atoms with Gasteiger partial charge in [-0.05, 0) is 36.5 Å². The number of para-hydroxylation sites is 1. The molecule has 3 aromatic rings. The summed E-state index contributed by atoms with van der Waals surface area (Å²) in [5.74, 6) is 0.958. The number of nitrogens with one attached hydrogen (secondary N) is 1. The van der Waals surface area contributed by atoms with Gasteiger partial charge in [0, 0.05) is 16.5 Å². The second-order valence-electron chi connectivity index (χ2n) is 5.15. The van der Waals surface area contributed by atoms with Crippen LogP contribution in [0.5, 0.6) is 5.75 Å². The van der Waals surface area contributed by atoms with Gasteiger partial charge in [0.15, 0.2) is 4.77 Å². The number of ether oxygens (including phenoxy) is 1. The van der Waals surface area contributed by atoms with E-state index in [1.807, 2.05) is 18.2 Å². The monoisotopic (exact) mass is 360 g/mol. The van der Waals surface area contributed by atoms with E-state index in [1.54, 1.807) is 0 Å². The quantitative estimate of drug-likeness (QED) is 0.629. The maximum absolute atomic E-state index is 5.76. The van der Waals surface area contributed by atoms with Crippen LogP contribution in [0.1, 0.15) is 18.0 Å². The molecule has 2 heterocycles. The molecule has 3 nitrogen and oxygen atoms in total. The Bertz CT molecular complexity index is 883. The largest absolute Gasteiger partial charge is 0.493 e. The van der Waals surface area contributed by atoms with Crippen molar-refractivity contribution in [1.82, 2.24) is 9.55 Å². The fraction of sp³-hybridized carbons (Fsp3) is 0.188. The highest BCUT2D eigenvalue weighted by atomic mass is 79.9. The predicted molar refractivity (Wildman–Crippen MR) is 89.5 cm³/mol. The zero-order chi connectivity index (χ0) is 14.4. The van der Waals surface area contributed by atoms with Crippen LogP contribution >= 0.6 is 28.1 Å². The molecule has 0 bridgehead atoms. The molecule has 0 amide bonds. The van der Waals surface area contributed by atoms with E-state index in [1.165, 1.54) is 5.56 Å². The van der Waals surface area contributed by atoms with E-state index in [0.29, 0.717) is 6.61 Å². The highest BCUT2D eigenvalue weighted by Gasteiger charge is 2.24. The van der Waals surface area contributed by atoms with E-state index >= 15 is 0 Å². The van der Waals surface area contributed by atoms with Gasteiger partial charge in [-0.15, -0.1) is 0 Å². The molecule has 1 unspecified atom stereocenters. The van der Waals surface area contributed by atoms with E-state index in [2.05, 4.69) is 49.7 Å². The number of hydrogen-bond acceptors (Lipinski definition) is 2. The van der Waals surface area contributed by atoms with Gasteiger partial charge in [-0.3, -0.25) is 0 Å². The first kappa shape index (κ1) is 13.1. The number of aromatic nitrogens is 2. The van der Waals surface area contributed by atoms with Gasteiger partial charge in [0.2, 0.25) is 0 Å². The lowest BCUT2D eigenvalue weighted by atomic mass is 10.0. The lowest BCUT2D eigenvalue weighted by molar-refractivity contribution is 0.257. The zero-order valence-electron chi connectivity index (χ0n) is 11.2. The molecule has 4 rings (SSSR count). The second-order valence-corrected chi connectivity index (χ2v) is 6.45. The van der Waals surface area contributed by atoms with Crippen molar-refractivity contribution in [2.45, 2.75) is 12.5 Å². The van der Waals surface area contributed by atoms with E-state index in [4.69, 9.17) is 17.0 Å². The third-order valence-corrected chi connectivity index (χ3v) is 4.71. The SMILES string of the molecule is S=c1[nH]c2ccc(Br)cc2n1C1CCOc2ccccc21. The molecule has 1 aliphatic heterocycles. The van der Waals surface area contributed by atoms with E-state index in [-0.39, 0.29) is 6.04 Å². The van der Waals surface area contributed by atoms with Gasteiger partial charge in [-0.2, -0.15) is 0 Å². The second kappa shape index (κ2) is 5.00. The molecule has 0 fully saturated rings. The Labute approximate surface area is 135 Å². The van der Waals surface area contributed by atoms with Crippen molar-refractivity contribution in [2.24, 2.45) is 0 Å². The fourth-order valence-electron chi connectivity index (χ4n) is 3.00. The Balaban J connectivity index is 1.98. The van der Waals surface area contributed by atoms with Crippen LogP contribution in [-0.4, -0.2) is 16.2 Å². The topological polar surface area (TPSA) is 29.9 Å². The minimum Gasteiger partial charge on any atom is -0.493 e. The van der Waals surface area contributed by atoms with Crippen LogP contribution in [0.15, 0.2) is 46.9 Å². The van der Waals surface area contributed by atoms with Crippen molar-refractivity contribution >= 4 is 39.2 Å². The molecule has 5 heteroatoms. The average molecular weight is 361 g/mol. The molecule has 0 radical (unpaired) electrons. The maximum atomic E-state index is 5.76. The Kier molecular flexibility index (Phi) is 3.12. The summed E-state index contributed by atoms with van der Waals surface area (Å²) in [5.41, 5.74) is 3.38. The normalized spacial score (nSPS) is 17.5. The summed E-state index contributed by atoms with van der Waals surface area (Å²) in [6.45, 7) is 0.712. The van der Waals surface area contributed by atoms with Gasteiger partial charge in [-0.1, -0.05) is 34.1 Å². The molecule has 21 heavy (non-hydrogen) atoms. The zero-order valence-corrected chi connectivity index (χ0v) is 13.6. The highest BCUT2D eigenvalue weighted by molar-refractivity contribution is 9.10. The van der Waals surface area contributed by atoms with Crippen molar-refractivity contribution in [3.63, 3.8) is 0 Å². The Morgan fingerprint density at radius 2 is 2.10 bits per heavy atom. The first-order chi connectivity index (χ1) is 10.2. The molecule has 0 saturated heterocycles. The summed E-state index contributed by atoms with van der Waals surface area (Å²) in [6.07, 6.45) is 0.921. The fourth-order valence-corrected chi connectivity index (χ4v) is 3.68. The Morgan fingerprint density at radius 3 is 3.00 bits per heavy atom. The van der Waals surface area contributed by atoms with Crippen LogP contribution in [0, 0.1) is 4.77 Å². The van der Waals surface area contributed by atoms with Crippen molar-refractivity contribution in [1.29, 1.82) is 0 Å². The molecular formula is C16H13BrN2OS. The maximum Gasteiger partial charge on any atom is 0.178 e. The number of rotatable bonds is 1. The van der Waals surface area contributed by atoms with Crippen molar-refractivity contribution in [3.8, 4) is 5.75 Å². The Hall–Kier alpha value is -1.59. The lowest BCUT2D eigenvalue weighted by Gasteiger charge is -2.27. The van der Waals surface area contributed by atoms with E-state index < -0.39 is 0 Å². The molecule has 2 aromatic carbocycles. The van der Waals surface area contributed by atoms with Crippen molar-refractivity contribution in [2.75, 3.05) is 6.61 Å². The number of imidazole rings is 1. The summed E-state index contributed by atoms with van der Waals surface area (Å²) in [4.78, 5) is 3.30. The van der Waals surface area contributed by atoms with Crippen molar-refractivity contribution < 1.29 is 4.74 Å². The van der Waals surface area contributed by atoms with Crippen LogP contribution in [-0.2, 0) is 0 Å². The van der Waals surface area contributed by atoms with E-state index in [0.717, 1.165) is 32.4 Å². The summed E-state index contributed by atoms with van der Waals surface area (Å²) < 4.78 is 9.77. The van der Waals surface area contributed by atoms with Gasteiger partial charge in [0.25, 0.3) is 0 Å².